The van der Waals surface area contributed by atoms with Gasteiger partial charge in [0.25, 0.3) is 0 Å². The Hall–Kier alpha value is -3.32. The second-order valence-electron chi connectivity index (χ2n) is 6.05. The van der Waals surface area contributed by atoms with Crippen molar-refractivity contribution in [3.8, 4) is 39.1 Å². The van der Waals surface area contributed by atoms with Gasteiger partial charge in [-0.15, -0.1) is 11.3 Å². The number of thiazole rings is 1. The standard InChI is InChI=1S/C21H18N2O4S/c1-25-17-9-14(10-24)18(20(27-3)19(17)26-2)16-11-28-21(23-16)13-5-4-12-6-7-22-15(12)8-13/h4-11,22H,1-3H3. The summed E-state index contributed by atoms with van der Waals surface area (Å²) in [6, 6.07) is 9.80. The smallest absolute Gasteiger partial charge is 0.204 e. The minimum atomic E-state index is 0.417. The van der Waals surface area contributed by atoms with E-state index in [0.29, 0.717) is 34.1 Å². The molecule has 0 bridgehead atoms. The van der Waals surface area contributed by atoms with Crippen LogP contribution in [-0.2, 0) is 0 Å². The molecular formula is C21H18N2O4S. The van der Waals surface area contributed by atoms with Gasteiger partial charge < -0.3 is 19.2 Å². The van der Waals surface area contributed by atoms with Crippen molar-refractivity contribution in [2.24, 2.45) is 0 Å². The molecule has 2 heterocycles. The molecule has 6 nitrogen and oxygen atoms in total. The maximum absolute atomic E-state index is 11.7. The number of hydrogen-bond donors (Lipinski definition) is 1. The lowest BCUT2D eigenvalue weighted by Gasteiger charge is -2.16. The Morgan fingerprint density at radius 3 is 2.57 bits per heavy atom. The predicted octanol–water partition coefficient (Wildman–Crippen LogP) is 4.80. The number of nitrogens with zero attached hydrogens (tertiary/aromatic N) is 1. The maximum Gasteiger partial charge on any atom is 0.204 e. The van der Waals surface area contributed by atoms with Crippen LogP contribution >= 0.6 is 11.3 Å². The number of aromatic amines is 1. The number of rotatable bonds is 6. The molecule has 0 aliphatic rings. The van der Waals surface area contributed by atoms with E-state index < -0.39 is 0 Å². The van der Waals surface area contributed by atoms with Gasteiger partial charge >= 0.3 is 0 Å². The third-order valence-corrected chi connectivity index (χ3v) is 5.44. The highest BCUT2D eigenvalue weighted by molar-refractivity contribution is 7.13. The summed E-state index contributed by atoms with van der Waals surface area (Å²) < 4.78 is 16.4. The van der Waals surface area contributed by atoms with Crippen LogP contribution in [0.2, 0.25) is 0 Å². The van der Waals surface area contributed by atoms with Crippen molar-refractivity contribution in [3.63, 3.8) is 0 Å². The van der Waals surface area contributed by atoms with Crippen LogP contribution in [0.5, 0.6) is 17.2 Å². The van der Waals surface area contributed by atoms with Gasteiger partial charge in [-0.1, -0.05) is 12.1 Å². The lowest BCUT2D eigenvalue weighted by atomic mass is 10.0. The minimum absolute atomic E-state index is 0.417. The van der Waals surface area contributed by atoms with Crippen LogP contribution in [0.25, 0.3) is 32.7 Å². The van der Waals surface area contributed by atoms with Crippen LogP contribution < -0.4 is 14.2 Å². The molecule has 0 aliphatic carbocycles. The van der Waals surface area contributed by atoms with E-state index in [-0.39, 0.29) is 0 Å². The Labute approximate surface area is 165 Å². The highest BCUT2D eigenvalue weighted by Gasteiger charge is 2.23. The highest BCUT2D eigenvalue weighted by Crippen LogP contribution is 2.46. The second-order valence-corrected chi connectivity index (χ2v) is 6.90. The number of aldehydes is 1. The van der Waals surface area contributed by atoms with E-state index in [1.165, 1.54) is 32.7 Å². The van der Waals surface area contributed by atoms with Crippen LogP contribution in [0.15, 0.2) is 41.9 Å². The summed E-state index contributed by atoms with van der Waals surface area (Å²) in [5.41, 5.74) is 3.70. The molecule has 2 aromatic carbocycles. The van der Waals surface area contributed by atoms with Gasteiger partial charge in [0, 0.05) is 28.2 Å². The third kappa shape index (κ3) is 2.90. The summed E-state index contributed by atoms with van der Waals surface area (Å²) >= 11 is 1.50. The number of hydrogen-bond acceptors (Lipinski definition) is 6. The van der Waals surface area contributed by atoms with Gasteiger partial charge in [0.05, 0.1) is 32.6 Å². The fourth-order valence-electron chi connectivity index (χ4n) is 3.23. The normalized spacial score (nSPS) is 10.8. The Kier molecular flexibility index (Phi) is 4.75. The molecule has 28 heavy (non-hydrogen) atoms. The van der Waals surface area contributed by atoms with E-state index in [1.54, 1.807) is 6.07 Å². The molecule has 0 amide bonds. The molecule has 0 saturated carbocycles. The van der Waals surface area contributed by atoms with Crippen LogP contribution in [0.1, 0.15) is 10.4 Å². The van der Waals surface area contributed by atoms with Gasteiger partial charge in [-0.3, -0.25) is 4.79 Å². The zero-order chi connectivity index (χ0) is 19.7. The molecule has 1 N–H and O–H groups in total. The van der Waals surface area contributed by atoms with Gasteiger partial charge in [-0.05, 0) is 23.6 Å². The predicted molar refractivity (Wildman–Crippen MR) is 110 cm³/mol. The van der Waals surface area contributed by atoms with E-state index in [0.717, 1.165) is 27.8 Å². The van der Waals surface area contributed by atoms with Crippen LogP contribution in [0, 0.1) is 0 Å². The molecule has 0 radical (unpaired) electrons. The first-order valence-electron chi connectivity index (χ1n) is 8.51. The molecule has 0 atom stereocenters. The van der Waals surface area contributed by atoms with Crippen LogP contribution in [0.3, 0.4) is 0 Å². The number of fused-ring (bicyclic) bond motifs is 1. The van der Waals surface area contributed by atoms with Crippen molar-refractivity contribution >= 4 is 28.5 Å². The number of nitrogens with one attached hydrogen (secondary N) is 1. The van der Waals surface area contributed by atoms with Crippen molar-refractivity contribution in [2.45, 2.75) is 0 Å². The van der Waals surface area contributed by atoms with Gasteiger partial charge in [0.1, 0.15) is 5.01 Å². The van der Waals surface area contributed by atoms with Gasteiger partial charge in [0.2, 0.25) is 5.75 Å². The largest absolute Gasteiger partial charge is 0.493 e. The first-order chi connectivity index (χ1) is 13.7. The van der Waals surface area contributed by atoms with E-state index in [1.807, 2.05) is 23.7 Å². The molecule has 2 aromatic heterocycles. The van der Waals surface area contributed by atoms with Crippen LogP contribution in [0.4, 0.5) is 0 Å². The summed E-state index contributed by atoms with van der Waals surface area (Å²) in [5, 5.41) is 3.90. The van der Waals surface area contributed by atoms with E-state index in [9.17, 15) is 4.79 Å². The maximum atomic E-state index is 11.7. The number of benzene rings is 2. The molecule has 4 aromatic rings. The topological polar surface area (TPSA) is 73.4 Å². The van der Waals surface area contributed by atoms with Crippen molar-refractivity contribution < 1.29 is 19.0 Å². The Morgan fingerprint density at radius 1 is 1.04 bits per heavy atom. The molecule has 0 aliphatic heterocycles. The lowest BCUT2D eigenvalue weighted by molar-refractivity contribution is 0.112. The first-order valence-corrected chi connectivity index (χ1v) is 9.39. The van der Waals surface area contributed by atoms with Crippen molar-refractivity contribution in [1.82, 2.24) is 9.97 Å². The Balaban J connectivity index is 1.86. The summed E-state index contributed by atoms with van der Waals surface area (Å²) in [6.45, 7) is 0. The van der Waals surface area contributed by atoms with Gasteiger partial charge in [0.15, 0.2) is 17.8 Å². The van der Waals surface area contributed by atoms with Gasteiger partial charge in [-0.25, -0.2) is 4.98 Å². The molecule has 7 heteroatoms. The van der Waals surface area contributed by atoms with E-state index >= 15 is 0 Å². The number of H-pyrrole nitrogens is 1. The molecule has 0 fully saturated rings. The molecule has 142 valence electrons. The number of carbonyl (C=O) groups is 1. The van der Waals surface area contributed by atoms with Crippen LogP contribution in [-0.4, -0.2) is 37.6 Å². The first kappa shape index (κ1) is 18.1. The SMILES string of the molecule is COc1cc(C=O)c(-c2csc(-c3ccc4cc[nH]c4c3)n2)c(OC)c1OC. The monoisotopic (exact) mass is 394 g/mol. The lowest BCUT2D eigenvalue weighted by Crippen LogP contribution is -2.00. The van der Waals surface area contributed by atoms with Crippen molar-refractivity contribution in [1.29, 1.82) is 0 Å². The summed E-state index contributed by atoms with van der Waals surface area (Å²) in [7, 11) is 4.58. The average molecular weight is 394 g/mol. The number of methoxy groups -OCH3 is 3. The van der Waals surface area contributed by atoms with Gasteiger partial charge in [-0.2, -0.15) is 0 Å². The molecule has 4 rings (SSSR count). The summed E-state index contributed by atoms with van der Waals surface area (Å²) in [6.07, 6.45) is 2.68. The molecule has 0 saturated heterocycles. The highest BCUT2D eigenvalue weighted by atomic mass is 32.1. The zero-order valence-corrected chi connectivity index (χ0v) is 16.4. The molecule has 0 spiro atoms. The minimum Gasteiger partial charge on any atom is -0.493 e. The quantitative estimate of drug-likeness (QED) is 0.476. The number of carbonyl (C=O) groups excluding carboxylic acids is 1. The molecule has 0 unspecified atom stereocenters. The summed E-state index contributed by atoms with van der Waals surface area (Å²) in [5.74, 6) is 1.27. The average Bonchev–Trinajstić information content (AvgIpc) is 3.40. The molecular weight excluding hydrogens is 376 g/mol. The van der Waals surface area contributed by atoms with Crippen molar-refractivity contribution in [2.75, 3.05) is 21.3 Å². The second kappa shape index (κ2) is 7.36. The number of ether oxygens (including phenoxy) is 3. The Morgan fingerprint density at radius 2 is 1.86 bits per heavy atom. The fraction of sp³-hybridized carbons (Fsp3) is 0.143. The Bertz CT molecular complexity index is 1160. The summed E-state index contributed by atoms with van der Waals surface area (Å²) in [4.78, 5) is 19.7. The number of aromatic nitrogens is 2. The van der Waals surface area contributed by atoms with Crippen molar-refractivity contribution in [3.05, 3.63) is 47.5 Å². The van der Waals surface area contributed by atoms with E-state index in [2.05, 4.69) is 17.1 Å². The van der Waals surface area contributed by atoms with E-state index in [4.69, 9.17) is 19.2 Å². The zero-order valence-electron chi connectivity index (χ0n) is 15.6. The third-order valence-electron chi connectivity index (χ3n) is 4.55. The fourth-order valence-corrected chi connectivity index (χ4v) is 4.04.